The van der Waals surface area contributed by atoms with E-state index in [0.29, 0.717) is 5.57 Å². The highest BCUT2D eigenvalue weighted by atomic mass is 16.5. The molecule has 96 valence electrons. The van der Waals surface area contributed by atoms with Crippen LogP contribution in [0, 0.1) is 0 Å². The van der Waals surface area contributed by atoms with Gasteiger partial charge in [-0.25, -0.2) is 4.79 Å². The van der Waals surface area contributed by atoms with E-state index in [1.807, 2.05) is 0 Å². The van der Waals surface area contributed by atoms with Gasteiger partial charge in [-0.05, 0) is 38.7 Å². The maximum Gasteiger partial charge on any atom is 0.333 e. The zero-order valence-corrected chi connectivity index (χ0v) is 10.4. The van der Waals surface area contributed by atoms with Crippen molar-refractivity contribution in [2.75, 3.05) is 0 Å². The Morgan fingerprint density at radius 3 is 2.12 bits per heavy atom. The number of hydrogen-bond donors (Lipinski definition) is 1. The van der Waals surface area contributed by atoms with Crippen LogP contribution in [-0.4, -0.2) is 18.0 Å². The minimum Gasteiger partial charge on any atom is -0.459 e. The minimum atomic E-state index is -0.481. The molecule has 0 unspecified atom stereocenters. The summed E-state index contributed by atoms with van der Waals surface area (Å²) in [5.41, 5.74) is 5.04. The molecule has 0 aliphatic heterocycles. The van der Waals surface area contributed by atoms with E-state index in [2.05, 4.69) is 18.9 Å². The van der Waals surface area contributed by atoms with E-state index in [9.17, 15) is 9.59 Å². The highest BCUT2D eigenvalue weighted by Gasteiger charge is 2.17. The summed E-state index contributed by atoms with van der Waals surface area (Å²) in [6, 6.07) is 0. The Kier molecular flexibility index (Phi) is 7.76. The van der Waals surface area contributed by atoms with Crippen molar-refractivity contribution in [3.05, 3.63) is 24.8 Å². The van der Waals surface area contributed by atoms with Gasteiger partial charge in [0.25, 0.3) is 0 Å². The Labute approximate surface area is 103 Å². The van der Waals surface area contributed by atoms with Crippen molar-refractivity contribution in [1.82, 2.24) is 0 Å². The zero-order valence-electron chi connectivity index (χ0n) is 10.4. The van der Waals surface area contributed by atoms with Gasteiger partial charge in [-0.2, -0.15) is 0 Å². The lowest BCUT2D eigenvalue weighted by Crippen LogP contribution is -2.20. The molecule has 17 heavy (non-hydrogen) atoms. The fourth-order valence-corrected chi connectivity index (χ4v) is 1.43. The third kappa shape index (κ3) is 8.25. The molecule has 1 rings (SSSR count). The first-order valence-corrected chi connectivity index (χ1v) is 5.75. The molecule has 4 heteroatoms. The molecule has 0 heterocycles. The molecule has 1 amide bonds. The molecule has 0 spiro atoms. The molecular weight excluding hydrogens is 218 g/mol. The number of ether oxygens (including phenoxy) is 1. The second-order valence-corrected chi connectivity index (χ2v) is 4.05. The maximum atomic E-state index is 11.1. The molecule has 1 fully saturated rings. The van der Waals surface area contributed by atoms with Crippen LogP contribution >= 0.6 is 0 Å². The first-order chi connectivity index (χ1) is 7.97. The molecule has 1 aliphatic carbocycles. The summed E-state index contributed by atoms with van der Waals surface area (Å²) in [7, 11) is 0. The number of primary amides is 1. The molecule has 0 aromatic heterocycles. The van der Waals surface area contributed by atoms with E-state index >= 15 is 0 Å². The van der Waals surface area contributed by atoms with Gasteiger partial charge in [-0.3, -0.25) is 4.79 Å². The third-order valence-electron chi connectivity index (χ3n) is 2.38. The third-order valence-corrected chi connectivity index (χ3v) is 2.38. The predicted molar refractivity (Wildman–Crippen MR) is 67.2 cm³/mol. The molecule has 2 N–H and O–H groups in total. The van der Waals surface area contributed by atoms with Gasteiger partial charge >= 0.3 is 5.97 Å². The summed E-state index contributed by atoms with van der Waals surface area (Å²) < 4.78 is 5.21. The van der Waals surface area contributed by atoms with Crippen molar-refractivity contribution in [3.63, 3.8) is 0 Å². The summed E-state index contributed by atoms with van der Waals surface area (Å²) in [6.07, 6.45) is 6.92. The normalized spacial score (nSPS) is 15.1. The summed E-state index contributed by atoms with van der Waals surface area (Å²) >= 11 is 0. The summed E-state index contributed by atoms with van der Waals surface area (Å²) in [5.74, 6) is -0.716. The van der Waals surface area contributed by atoms with Gasteiger partial charge in [0.05, 0.1) is 0 Å². The van der Waals surface area contributed by atoms with Crippen molar-refractivity contribution in [1.29, 1.82) is 0 Å². The van der Waals surface area contributed by atoms with Crippen LogP contribution in [0.2, 0.25) is 0 Å². The number of amides is 1. The van der Waals surface area contributed by atoms with Crippen LogP contribution < -0.4 is 5.73 Å². The molecule has 1 saturated carbocycles. The van der Waals surface area contributed by atoms with Crippen molar-refractivity contribution >= 4 is 11.9 Å². The number of nitrogens with two attached hydrogens (primary N) is 1. The second-order valence-electron chi connectivity index (χ2n) is 4.05. The van der Waals surface area contributed by atoms with Crippen molar-refractivity contribution in [3.8, 4) is 0 Å². The van der Waals surface area contributed by atoms with Crippen LogP contribution in [0.1, 0.15) is 39.0 Å². The van der Waals surface area contributed by atoms with Gasteiger partial charge in [-0.1, -0.05) is 19.6 Å². The Balaban J connectivity index is 0.000000437. The van der Waals surface area contributed by atoms with Crippen molar-refractivity contribution < 1.29 is 14.3 Å². The average molecular weight is 239 g/mol. The molecule has 0 radical (unpaired) electrons. The number of esters is 1. The molecule has 0 aromatic rings. The minimum absolute atomic E-state index is 0.156. The number of rotatable bonds is 3. The fourth-order valence-electron chi connectivity index (χ4n) is 1.43. The Morgan fingerprint density at radius 1 is 1.29 bits per heavy atom. The molecule has 0 atom stereocenters. The molecular formula is C13H21NO3. The van der Waals surface area contributed by atoms with Crippen LogP contribution in [-0.2, 0) is 14.3 Å². The summed E-state index contributed by atoms with van der Waals surface area (Å²) in [5, 5.41) is 0. The van der Waals surface area contributed by atoms with Gasteiger partial charge in [0.2, 0.25) is 5.91 Å². The lowest BCUT2D eigenvalue weighted by Gasteiger charge is -2.21. The topological polar surface area (TPSA) is 69.4 Å². The molecule has 1 aliphatic rings. The Morgan fingerprint density at radius 2 is 1.76 bits per heavy atom. The van der Waals surface area contributed by atoms with E-state index in [4.69, 9.17) is 4.74 Å². The molecule has 0 bridgehead atoms. The quantitative estimate of drug-likeness (QED) is 0.605. The van der Waals surface area contributed by atoms with Crippen molar-refractivity contribution in [2.45, 2.75) is 45.1 Å². The van der Waals surface area contributed by atoms with Crippen LogP contribution in [0.4, 0.5) is 0 Å². The first kappa shape index (κ1) is 15.4. The van der Waals surface area contributed by atoms with Gasteiger partial charge in [-0.15, -0.1) is 0 Å². The monoisotopic (exact) mass is 239 g/mol. The zero-order chi connectivity index (χ0) is 13.3. The van der Waals surface area contributed by atoms with Gasteiger partial charge in [0, 0.05) is 5.57 Å². The van der Waals surface area contributed by atoms with E-state index in [-0.39, 0.29) is 12.1 Å². The molecule has 4 nitrogen and oxygen atoms in total. The van der Waals surface area contributed by atoms with Crippen LogP contribution in [0.5, 0.6) is 0 Å². The molecule has 0 aromatic carbocycles. The van der Waals surface area contributed by atoms with Gasteiger partial charge in [0.15, 0.2) is 0 Å². The SMILES string of the molecule is C=C(C)C(=O)OC1CCCCC1.C=CC(N)=O. The van der Waals surface area contributed by atoms with Gasteiger partial charge in [0.1, 0.15) is 6.10 Å². The lowest BCUT2D eigenvalue weighted by atomic mass is 9.98. The van der Waals surface area contributed by atoms with Gasteiger partial charge < -0.3 is 10.5 Å². The van der Waals surface area contributed by atoms with Crippen LogP contribution in [0.3, 0.4) is 0 Å². The average Bonchev–Trinajstić information content (AvgIpc) is 2.31. The fraction of sp³-hybridized carbons (Fsp3) is 0.538. The molecule has 0 saturated heterocycles. The number of carbonyl (C=O) groups is 2. The number of carbonyl (C=O) groups excluding carboxylic acids is 2. The van der Waals surface area contributed by atoms with E-state index in [1.54, 1.807) is 6.92 Å². The highest BCUT2D eigenvalue weighted by molar-refractivity contribution is 5.87. The van der Waals surface area contributed by atoms with E-state index in [0.717, 1.165) is 18.9 Å². The largest absolute Gasteiger partial charge is 0.459 e. The smallest absolute Gasteiger partial charge is 0.333 e. The van der Waals surface area contributed by atoms with Crippen LogP contribution in [0.25, 0.3) is 0 Å². The second kappa shape index (κ2) is 8.56. The first-order valence-electron chi connectivity index (χ1n) is 5.75. The summed E-state index contributed by atoms with van der Waals surface area (Å²) in [4.78, 5) is 20.6. The van der Waals surface area contributed by atoms with Crippen molar-refractivity contribution in [2.24, 2.45) is 5.73 Å². The highest BCUT2D eigenvalue weighted by Crippen LogP contribution is 2.20. The number of hydrogen-bond acceptors (Lipinski definition) is 3. The standard InChI is InChI=1S/C10H16O2.C3H5NO/c1-8(2)10(11)12-9-6-4-3-5-7-9;1-2-3(4)5/h9H,1,3-7H2,2H3;2H,1H2,(H2,4,5). The maximum absolute atomic E-state index is 11.1. The summed E-state index contributed by atoms with van der Waals surface area (Å²) in [6.45, 7) is 8.32. The van der Waals surface area contributed by atoms with Crippen LogP contribution in [0.15, 0.2) is 24.8 Å². The van der Waals surface area contributed by atoms with E-state index < -0.39 is 5.91 Å². The Hall–Kier alpha value is -1.58. The lowest BCUT2D eigenvalue weighted by molar-refractivity contribution is -0.145. The Bertz CT molecular complexity index is 291. The predicted octanol–water partition coefficient (Wildman–Crippen LogP) is 2.10. The van der Waals surface area contributed by atoms with E-state index in [1.165, 1.54) is 19.3 Å².